The fourth-order valence-corrected chi connectivity index (χ4v) is 2.32. The lowest BCUT2D eigenvalue weighted by atomic mass is 9.84. The number of rotatable bonds is 5. The third kappa shape index (κ3) is 3.58. The highest BCUT2D eigenvalue weighted by molar-refractivity contribution is 5.49. The van der Waals surface area contributed by atoms with E-state index in [1.165, 1.54) is 16.7 Å². The lowest BCUT2D eigenvalue weighted by Gasteiger charge is -2.27. The van der Waals surface area contributed by atoms with Gasteiger partial charge in [-0.3, -0.25) is 0 Å². The highest BCUT2D eigenvalue weighted by atomic mass is 14.7. The van der Waals surface area contributed by atoms with Crippen LogP contribution in [-0.2, 0) is 5.54 Å². The average Bonchev–Trinajstić information content (AvgIpc) is 2.49. The molecule has 0 bridgehead atoms. The topological polar surface area (TPSA) is 26.0 Å². The average molecular weight is 265 g/mol. The van der Waals surface area contributed by atoms with Crippen molar-refractivity contribution in [1.82, 2.24) is 0 Å². The van der Waals surface area contributed by atoms with Crippen molar-refractivity contribution >= 4 is 6.08 Å². The zero-order chi connectivity index (χ0) is 14.4. The fraction of sp³-hybridized carbons (Fsp3) is 0.263. The Balaban J connectivity index is 2.11. The van der Waals surface area contributed by atoms with Gasteiger partial charge in [0.1, 0.15) is 0 Å². The minimum atomic E-state index is -0.279. The smallest absolute Gasteiger partial charge is 0.0441 e. The number of hydrogen-bond donors (Lipinski definition) is 1. The maximum Gasteiger partial charge on any atom is 0.0441 e. The molecule has 0 spiro atoms. The van der Waals surface area contributed by atoms with Gasteiger partial charge in [0.25, 0.3) is 0 Å². The van der Waals surface area contributed by atoms with Crippen LogP contribution >= 0.6 is 0 Å². The van der Waals surface area contributed by atoms with E-state index in [1.807, 2.05) is 6.07 Å². The van der Waals surface area contributed by atoms with Gasteiger partial charge in [-0.2, -0.15) is 0 Å². The molecule has 104 valence electrons. The summed E-state index contributed by atoms with van der Waals surface area (Å²) in [6, 6.07) is 18.9. The first-order valence-corrected chi connectivity index (χ1v) is 7.22. The first-order valence-electron chi connectivity index (χ1n) is 7.22. The van der Waals surface area contributed by atoms with Crippen LogP contribution in [0.1, 0.15) is 36.5 Å². The second-order valence-corrected chi connectivity index (χ2v) is 5.39. The summed E-state index contributed by atoms with van der Waals surface area (Å²) in [5, 5.41) is 0. The van der Waals surface area contributed by atoms with Crippen molar-refractivity contribution in [2.24, 2.45) is 5.73 Å². The minimum absolute atomic E-state index is 0.279. The van der Waals surface area contributed by atoms with E-state index in [0.29, 0.717) is 0 Å². The predicted molar refractivity (Wildman–Crippen MR) is 87.4 cm³/mol. The van der Waals surface area contributed by atoms with E-state index in [2.05, 4.69) is 74.5 Å². The Labute approximate surface area is 122 Å². The lowest BCUT2D eigenvalue weighted by Crippen LogP contribution is -2.35. The molecule has 1 unspecified atom stereocenters. The van der Waals surface area contributed by atoms with E-state index >= 15 is 0 Å². The van der Waals surface area contributed by atoms with Crippen LogP contribution < -0.4 is 5.73 Å². The van der Waals surface area contributed by atoms with Gasteiger partial charge in [0.2, 0.25) is 0 Å². The van der Waals surface area contributed by atoms with Crippen molar-refractivity contribution in [2.45, 2.75) is 32.2 Å². The van der Waals surface area contributed by atoms with Crippen LogP contribution in [0.2, 0.25) is 0 Å². The first-order chi connectivity index (χ1) is 9.64. The molecule has 0 aliphatic carbocycles. The minimum Gasteiger partial charge on any atom is -0.321 e. The number of nitrogens with two attached hydrogens (primary N) is 1. The molecule has 0 fully saturated rings. The largest absolute Gasteiger partial charge is 0.321 e. The zero-order valence-electron chi connectivity index (χ0n) is 12.3. The summed E-state index contributed by atoms with van der Waals surface area (Å²) >= 11 is 0. The van der Waals surface area contributed by atoms with Crippen LogP contribution in [0.4, 0.5) is 0 Å². The highest BCUT2D eigenvalue weighted by Crippen LogP contribution is 2.27. The van der Waals surface area contributed by atoms with Gasteiger partial charge in [-0.15, -0.1) is 0 Å². The summed E-state index contributed by atoms with van der Waals surface area (Å²) in [4.78, 5) is 0. The van der Waals surface area contributed by atoms with Crippen LogP contribution in [0, 0.1) is 6.92 Å². The fourth-order valence-electron chi connectivity index (χ4n) is 2.32. The molecular formula is C19H23N. The molecule has 2 aromatic rings. The Bertz CT molecular complexity index is 554. The van der Waals surface area contributed by atoms with Gasteiger partial charge in [0, 0.05) is 5.54 Å². The SMILES string of the molecule is CCC(N)(CC=Cc1ccccc1)c1ccc(C)cc1. The summed E-state index contributed by atoms with van der Waals surface area (Å²) in [5.41, 5.74) is 10.0. The van der Waals surface area contributed by atoms with Gasteiger partial charge in [-0.05, 0) is 30.9 Å². The van der Waals surface area contributed by atoms with Crippen molar-refractivity contribution < 1.29 is 0 Å². The molecule has 2 N–H and O–H groups in total. The van der Waals surface area contributed by atoms with Crippen LogP contribution in [0.15, 0.2) is 60.7 Å². The van der Waals surface area contributed by atoms with Crippen molar-refractivity contribution in [3.63, 3.8) is 0 Å². The van der Waals surface area contributed by atoms with Crippen LogP contribution in [0.25, 0.3) is 6.08 Å². The second-order valence-electron chi connectivity index (χ2n) is 5.39. The summed E-state index contributed by atoms with van der Waals surface area (Å²) in [5.74, 6) is 0. The van der Waals surface area contributed by atoms with E-state index < -0.39 is 0 Å². The van der Waals surface area contributed by atoms with E-state index in [0.717, 1.165) is 12.8 Å². The van der Waals surface area contributed by atoms with E-state index in [-0.39, 0.29) is 5.54 Å². The Morgan fingerprint density at radius 1 is 1.00 bits per heavy atom. The van der Waals surface area contributed by atoms with Gasteiger partial charge in [0.05, 0.1) is 0 Å². The van der Waals surface area contributed by atoms with Crippen molar-refractivity contribution in [3.8, 4) is 0 Å². The molecule has 0 saturated heterocycles. The van der Waals surface area contributed by atoms with E-state index in [9.17, 15) is 0 Å². The van der Waals surface area contributed by atoms with Crippen molar-refractivity contribution in [2.75, 3.05) is 0 Å². The van der Waals surface area contributed by atoms with Gasteiger partial charge in [0.15, 0.2) is 0 Å². The number of hydrogen-bond acceptors (Lipinski definition) is 1. The Morgan fingerprint density at radius 3 is 2.25 bits per heavy atom. The monoisotopic (exact) mass is 265 g/mol. The Hall–Kier alpha value is -1.86. The molecule has 0 heterocycles. The Morgan fingerprint density at radius 2 is 1.65 bits per heavy atom. The molecule has 0 radical (unpaired) electrons. The Kier molecular flexibility index (Phi) is 4.75. The van der Waals surface area contributed by atoms with Crippen LogP contribution in [-0.4, -0.2) is 0 Å². The standard InChI is InChI=1S/C19H23N/c1-3-19(20,18-13-11-16(2)12-14-18)15-7-10-17-8-5-4-6-9-17/h4-14H,3,15,20H2,1-2H3. The summed E-state index contributed by atoms with van der Waals surface area (Å²) in [7, 11) is 0. The van der Waals surface area contributed by atoms with Crippen LogP contribution in [0.3, 0.4) is 0 Å². The van der Waals surface area contributed by atoms with Gasteiger partial charge < -0.3 is 5.73 Å². The third-order valence-corrected chi connectivity index (χ3v) is 3.85. The lowest BCUT2D eigenvalue weighted by molar-refractivity contribution is 0.434. The predicted octanol–water partition coefficient (Wildman–Crippen LogP) is 4.66. The molecule has 20 heavy (non-hydrogen) atoms. The molecule has 0 amide bonds. The quantitative estimate of drug-likeness (QED) is 0.835. The molecule has 2 aromatic carbocycles. The van der Waals surface area contributed by atoms with Crippen molar-refractivity contribution in [1.29, 1.82) is 0 Å². The molecule has 0 saturated carbocycles. The summed E-state index contributed by atoms with van der Waals surface area (Å²) in [6.45, 7) is 4.25. The molecule has 1 heteroatoms. The second kappa shape index (κ2) is 6.53. The zero-order valence-corrected chi connectivity index (χ0v) is 12.3. The molecule has 1 atom stereocenters. The molecule has 0 aliphatic rings. The van der Waals surface area contributed by atoms with E-state index in [1.54, 1.807) is 0 Å². The van der Waals surface area contributed by atoms with E-state index in [4.69, 9.17) is 5.73 Å². The molecule has 2 rings (SSSR count). The highest BCUT2D eigenvalue weighted by Gasteiger charge is 2.23. The van der Waals surface area contributed by atoms with Gasteiger partial charge in [-0.25, -0.2) is 0 Å². The number of aryl methyl sites for hydroxylation is 1. The maximum atomic E-state index is 6.58. The third-order valence-electron chi connectivity index (χ3n) is 3.85. The molecule has 1 nitrogen and oxygen atoms in total. The molecule has 0 aliphatic heterocycles. The van der Waals surface area contributed by atoms with Crippen LogP contribution in [0.5, 0.6) is 0 Å². The molecule has 0 aromatic heterocycles. The maximum absolute atomic E-state index is 6.58. The number of benzene rings is 2. The van der Waals surface area contributed by atoms with Crippen molar-refractivity contribution in [3.05, 3.63) is 77.4 Å². The van der Waals surface area contributed by atoms with Gasteiger partial charge >= 0.3 is 0 Å². The first kappa shape index (κ1) is 14.5. The summed E-state index contributed by atoms with van der Waals surface area (Å²) in [6.07, 6.45) is 6.10. The normalized spacial score (nSPS) is 14.3. The molecular weight excluding hydrogens is 242 g/mol. The summed E-state index contributed by atoms with van der Waals surface area (Å²) < 4.78 is 0. The van der Waals surface area contributed by atoms with Gasteiger partial charge in [-0.1, -0.05) is 79.2 Å².